The summed E-state index contributed by atoms with van der Waals surface area (Å²) in [5, 5.41) is 6.18. The fraction of sp³-hybridized carbons (Fsp3) is 0.375. The maximum absolute atomic E-state index is 12.6. The van der Waals surface area contributed by atoms with E-state index in [-0.39, 0.29) is 36.8 Å². The quantitative estimate of drug-likeness (QED) is 0.793. The Labute approximate surface area is 152 Å². The van der Waals surface area contributed by atoms with Crippen molar-refractivity contribution in [1.82, 2.24) is 10.3 Å². The van der Waals surface area contributed by atoms with E-state index in [9.17, 15) is 4.79 Å². The first-order valence-electron chi connectivity index (χ1n) is 7.13. The highest BCUT2D eigenvalue weighted by Crippen LogP contribution is 2.42. The third kappa shape index (κ3) is 4.59. The number of hydrogen-bond donors (Lipinski definition) is 2. The lowest BCUT2D eigenvalue weighted by atomic mass is 10.1. The molecule has 1 amide bonds. The normalized spacial score (nSPS) is 14.3. The van der Waals surface area contributed by atoms with Gasteiger partial charge in [-0.3, -0.25) is 4.79 Å². The van der Waals surface area contributed by atoms with Crippen molar-refractivity contribution >= 4 is 47.7 Å². The van der Waals surface area contributed by atoms with Crippen molar-refractivity contribution in [3.05, 3.63) is 45.4 Å². The van der Waals surface area contributed by atoms with Gasteiger partial charge in [0.1, 0.15) is 5.01 Å². The Morgan fingerprint density at radius 1 is 1.35 bits per heavy atom. The molecule has 0 aliphatic heterocycles. The lowest BCUT2D eigenvalue weighted by Crippen LogP contribution is -2.30. The Hall–Kier alpha value is -1.30. The Kier molecular flexibility index (Phi) is 6.86. The molecule has 0 spiro atoms. The van der Waals surface area contributed by atoms with Gasteiger partial charge in [-0.2, -0.15) is 0 Å². The first-order chi connectivity index (χ1) is 10.0. The minimum Gasteiger partial charge on any atom is -0.399 e. The number of nitrogen functional groups attached to an aromatic ring is 1. The van der Waals surface area contributed by atoms with E-state index in [1.165, 1.54) is 0 Å². The van der Waals surface area contributed by atoms with Crippen LogP contribution in [0.4, 0.5) is 5.69 Å². The molecule has 1 atom stereocenters. The molecule has 2 aromatic rings. The van der Waals surface area contributed by atoms with Gasteiger partial charge >= 0.3 is 0 Å². The van der Waals surface area contributed by atoms with Gasteiger partial charge in [-0.25, -0.2) is 4.98 Å². The van der Waals surface area contributed by atoms with Crippen LogP contribution < -0.4 is 11.1 Å². The number of aromatic nitrogens is 1. The Morgan fingerprint density at radius 3 is 2.61 bits per heavy atom. The second kappa shape index (κ2) is 7.99. The highest BCUT2D eigenvalue weighted by Gasteiger charge is 2.35. The van der Waals surface area contributed by atoms with Gasteiger partial charge in [0.2, 0.25) is 0 Å². The van der Waals surface area contributed by atoms with Gasteiger partial charge in [0.05, 0.1) is 6.04 Å². The molecule has 1 fully saturated rings. The minimum absolute atomic E-state index is 0. The Bertz CT molecular complexity index is 686. The van der Waals surface area contributed by atoms with Crippen molar-refractivity contribution in [3.63, 3.8) is 0 Å². The van der Waals surface area contributed by atoms with Crippen molar-refractivity contribution in [2.75, 3.05) is 5.73 Å². The van der Waals surface area contributed by atoms with E-state index in [1.54, 1.807) is 17.4 Å². The number of carbonyl (C=O) groups is 1. The molecule has 1 unspecified atom stereocenters. The molecule has 3 N–H and O–H groups in total. The molecule has 1 aromatic carbocycles. The smallest absolute Gasteiger partial charge is 0.252 e. The van der Waals surface area contributed by atoms with Crippen molar-refractivity contribution in [1.29, 1.82) is 0 Å². The van der Waals surface area contributed by atoms with Gasteiger partial charge in [0.25, 0.3) is 5.91 Å². The Balaban J connectivity index is 0.00000132. The molecule has 1 saturated carbocycles. The largest absolute Gasteiger partial charge is 0.399 e. The minimum atomic E-state index is -0.0652. The summed E-state index contributed by atoms with van der Waals surface area (Å²) in [5.74, 6) is 0.449. The number of thiazole rings is 1. The molecular weight excluding hydrogens is 353 g/mol. The fourth-order valence-corrected chi connectivity index (χ4v) is 3.37. The molecule has 0 bridgehead atoms. The molecule has 1 aliphatic carbocycles. The number of rotatable bonds is 4. The van der Waals surface area contributed by atoms with Crippen LogP contribution in [0.2, 0.25) is 0 Å². The topological polar surface area (TPSA) is 68.0 Å². The molecule has 0 saturated heterocycles. The first-order valence-corrected chi connectivity index (χ1v) is 8.01. The van der Waals surface area contributed by atoms with Gasteiger partial charge in [0, 0.05) is 22.3 Å². The number of halogens is 2. The van der Waals surface area contributed by atoms with Crippen molar-refractivity contribution in [3.8, 4) is 0 Å². The molecule has 1 aliphatic rings. The van der Waals surface area contributed by atoms with E-state index in [1.807, 2.05) is 31.4 Å². The van der Waals surface area contributed by atoms with Crippen LogP contribution in [0.1, 0.15) is 45.5 Å². The van der Waals surface area contributed by atoms with Crippen LogP contribution in [-0.4, -0.2) is 10.9 Å². The summed E-state index contributed by atoms with van der Waals surface area (Å²) in [6.07, 6.45) is 2.30. The zero-order valence-corrected chi connectivity index (χ0v) is 15.5. The van der Waals surface area contributed by atoms with Gasteiger partial charge in [-0.15, -0.1) is 36.2 Å². The van der Waals surface area contributed by atoms with Crippen LogP contribution in [0.15, 0.2) is 23.6 Å². The maximum Gasteiger partial charge on any atom is 0.252 e. The van der Waals surface area contributed by atoms with Crippen molar-refractivity contribution in [2.45, 2.75) is 32.7 Å². The lowest BCUT2D eigenvalue weighted by Gasteiger charge is -2.17. The van der Waals surface area contributed by atoms with Gasteiger partial charge < -0.3 is 11.1 Å². The third-order valence-electron chi connectivity index (χ3n) is 3.79. The van der Waals surface area contributed by atoms with E-state index in [4.69, 9.17) is 5.73 Å². The molecule has 3 rings (SSSR count). The highest BCUT2D eigenvalue weighted by atomic mass is 35.5. The zero-order valence-electron chi connectivity index (χ0n) is 13.0. The average Bonchev–Trinajstić information content (AvgIpc) is 3.20. The molecule has 23 heavy (non-hydrogen) atoms. The summed E-state index contributed by atoms with van der Waals surface area (Å²) in [5.41, 5.74) is 9.00. The second-order valence-electron chi connectivity index (χ2n) is 5.69. The van der Waals surface area contributed by atoms with Crippen LogP contribution in [0.25, 0.3) is 0 Å². The SMILES string of the molecule is Cc1csc(C(NC(=O)c2cc(N)ccc2C)C2CC2)n1.Cl.Cl. The summed E-state index contributed by atoms with van der Waals surface area (Å²) in [6.45, 7) is 3.90. The number of aryl methyl sites for hydroxylation is 2. The van der Waals surface area contributed by atoms with Crippen LogP contribution in [0.3, 0.4) is 0 Å². The van der Waals surface area contributed by atoms with Gasteiger partial charge in [-0.1, -0.05) is 6.07 Å². The Morgan fingerprint density at radius 2 is 2.04 bits per heavy atom. The number of carbonyl (C=O) groups excluding carboxylic acids is 1. The number of nitrogens with one attached hydrogen (secondary N) is 1. The van der Waals surface area contributed by atoms with Crippen LogP contribution in [0.5, 0.6) is 0 Å². The predicted molar refractivity (Wildman–Crippen MR) is 99.9 cm³/mol. The van der Waals surface area contributed by atoms with E-state index >= 15 is 0 Å². The molecule has 1 heterocycles. The summed E-state index contributed by atoms with van der Waals surface area (Å²) in [4.78, 5) is 17.1. The molecule has 1 aromatic heterocycles. The summed E-state index contributed by atoms with van der Waals surface area (Å²) in [7, 11) is 0. The standard InChI is InChI=1S/C16H19N3OS.2ClH/c1-9-3-6-12(17)7-13(9)15(20)19-14(11-4-5-11)16-18-10(2)8-21-16;;/h3,6-8,11,14H,4-5,17H2,1-2H3,(H,19,20);2*1H. The molecule has 126 valence electrons. The maximum atomic E-state index is 12.6. The summed E-state index contributed by atoms with van der Waals surface area (Å²) in [6, 6.07) is 5.46. The van der Waals surface area contributed by atoms with Crippen LogP contribution in [0, 0.1) is 19.8 Å². The van der Waals surface area contributed by atoms with E-state index in [2.05, 4.69) is 10.3 Å². The molecule has 4 nitrogen and oxygen atoms in total. The highest BCUT2D eigenvalue weighted by molar-refractivity contribution is 7.09. The summed E-state index contributed by atoms with van der Waals surface area (Å²) < 4.78 is 0. The molecule has 7 heteroatoms. The van der Waals surface area contributed by atoms with Crippen molar-refractivity contribution in [2.24, 2.45) is 5.92 Å². The summed E-state index contributed by atoms with van der Waals surface area (Å²) >= 11 is 1.62. The average molecular weight is 374 g/mol. The number of anilines is 1. The first kappa shape index (κ1) is 19.7. The zero-order chi connectivity index (χ0) is 15.0. The number of hydrogen-bond acceptors (Lipinski definition) is 4. The van der Waals surface area contributed by atoms with Crippen LogP contribution in [-0.2, 0) is 0 Å². The van der Waals surface area contributed by atoms with Gasteiger partial charge in [-0.05, 0) is 50.3 Å². The fourth-order valence-electron chi connectivity index (χ4n) is 2.43. The van der Waals surface area contributed by atoms with E-state index in [0.717, 1.165) is 29.1 Å². The van der Waals surface area contributed by atoms with Gasteiger partial charge in [0.15, 0.2) is 0 Å². The van der Waals surface area contributed by atoms with E-state index in [0.29, 0.717) is 17.2 Å². The lowest BCUT2D eigenvalue weighted by molar-refractivity contribution is 0.0931. The van der Waals surface area contributed by atoms with E-state index < -0.39 is 0 Å². The van der Waals surface area contributed by atoms with Crippen LogP contribution >= 0.6 is 36.2 Å². The number of benzene rings is 1. The number of nitrogens with zero attached hydrogens (tertiary/aromatic N) is 1. The molecule has 0 radical (unpaired) electrons. The van der Waals surface area contributed by atoms with Crippen molar-refractivity contribution < 1.29 is 4.79 Å². The molecular formula is C16H21Cl2N3OS. The number of nitrogens with two attached hydrogens (primary N) is 1. The third-order valence-corrected chi connectivity index (χ3v) is 4.83. The number of amides is 1. The monoisotopic (exact) mass is 373 g/mol. The second-order valence-corrected chi connectivity index (χ2v) is 6.58. The predicted octanol–water partition coefficient (Wildman–Crippen LogP) is 4.07.